The minimum Gasteiger partial charge on any atom is -0.317 e. The molecule has 0 radical (unpaired) electrons. The van der Waals surface area contributed by atoms with Crippen molar-refractivity contribution >= 4 is 45.0 Å². The first-order chi connectivity index (χ1) is 15.4. The van der Waals surface area contributed by atoms with Gasteiger partial charge in [-0.1, -0.05) is 11.6 Å². The van der Waals surface area contributed by atoms with Crippen LogP contribution < -0.4 is 10.1 Å². The Kier molecular flexibility index (Phi) is 5.64. The second-order valence-electron chi connectivity index (χ2n) is 6.94. The van der Waals surface area contributed by atoms with Gasteiger partial charge in [-0.05, 0) is 66.7 Å². The van der Waals surface area contributed by atoms with Crippen molar-refractivity contribution in [3.63, 3.8) is 0 Å². The van der Waals surface area contributed by atoms with E-state index in [2.05, 4.69) is 5.10 Å². The molecule has 0 saturated heterocycles. The fourth-order valence-electron chi connectivity index (χ4n) is 3.20. The van der Waals surface area contributed by atoms with Crippen molar-refractivity contribution in [3.05, 3.63) is 83.2 Å². The van der Waals surface area contributed by atoms with Gasteiger partial charge in [-0.2, -0.15) is 23.3 Å². The Bertz CT molecular complexity index is 1390. The van der Waals surface area contributed by atoms with Crippen LogP contribution >= 0.6 is 11.6 Å². The normalized spacial score (nSPS) is 15.9. The van der Waals surface area contributed by atoms with Crippen molar-refractivity contribution in [2.45, 2.75) is 11.1 Å². The lowest BCUT2D eigenvalue weighted by Crippen LogP contribution is -2.25. The molecule has 12 heteroatoms. The maximum atomic E-state index is 13.7. The number of sulfonamides is 1. The van der Waals surface area contributed by atoms with Crippen LogP contribution in [0.5, 0.6) is 0 Å². The minimum absolute atomic E-state index is 0.116. The second kappa shape index (κ2) is 8.18. The van der Waals surface area contributed by atoms with E-state index in [1.165, 1.54) is 59.2 Å². The van der Waals surface area contributed by atoms with Gasteiger partial charge in [-0.3, -0.25) is 4.79 Å². The van der Waals surface area contributed by atoms with Crippen LogP contribution in [-0.2, 0) is 14.8 Å². The molecule has 0 bridgehead atoms. The zero-order valence-electron chi connectivity index (χ0n) is 16.5. The summed E-state index contributed by atoms with van der Waals surface area (Å²) in [6.07, 6.45) is -2.24. The zero-order valence-corrected chi connectivity index (χ0v) is 18.1. The molecule has 33 heavy (non-hydrogen) atoms. The van der Waals surface area contributed by atoms with E-state index >= 15 is 0 Å². The molecular formula is C21H14ClF3N4O3S. The number of nitrogens with two attached hydrogens (primary N) is 1. The molecule has 0 atom stereocenters. The summed E-state index contributed by atoms with van der Waals surface area (Å²) in [4.78, 5) is 12.8. The van der Waals surface area contributed by atoms with Crippen LogP contribution in [0.25, 0.3) is 11.8 Å². The molecule has 0 spiro atoms. The zero-order chi connectivity index (χ0) is 24.0. The van der Waals surface area contributed by atoms with Crippen LogP contribution in [0.3, 0.4) is 0 Å². The van der Waals surface area contributed by atoms with Gasteiger partial charge < -0.3 is 4.57 Å². The van der Waals surface area contributed by atoms with E-state index in [-0.39, 0.29) is 16.3 Å². The highest BCUT2D eigenvalue weighted by Gasteiger charge is 2.46. The number of aromatic nitrogens is 1. The van der Waals surface area contributed by atoms with Gasteiger partial charge in [-0.15, -0.1) is 0 Å². The fourth-order valence-corrected chi connectivity index (χ4v) is 3.84. The van der Waals surface area contributed by atoms with Gasteiger partial charge in [0.1, 0.15) is 0 Å². The van der Waals surface area contributed by atoms with Gasteiger partial charge in [0.05, 0.1) is 16.2 Å². The number of alkyl halides is 3. The number of halogens is 4. The lowest BCUT2D eigenvalue weighted by molar-refractivity contribution is -0.114. The molecule has 2 N–H and O–H groups in total. The molecule has 7 nitrogen and oxygen atoms in total. The molecule has 1 amide bonds. The Balaban J connectivity index is 1.76. The standard InChI is InChI=1S/C21H14ClF3N4O3S/c22-13-3-5-15(6-4-13)29-20(30)18(19(27-29)21(23,24)25)12-16-2-1-11-28(16)14-7-9-17(10-8-14)33(26,31)32/h1-12H,(H2,26,31,32)/b18-12-. The number of carbonyl (C=O) groups is 1. The van der Waals surface area contributed by atoms with E-state index in [0.717, 1.165) is 6.08 Å². The van der Waals surface area contributed by atoms with Gasteiger partial charge in [0.15, 0.2) is 5.71 Å². The number of carbonyl (C=O) groups excluding carboxylic acids is 1. The molecule has 0 unspecified atom stereocenters. The monoisotopic (exact) mass is 494 g/mol. The topological polar surface area (TPSA) is 97.8 Å². The summed E-state index contributed by atoms with van der Waals surface area (Å²) in [5.41, 5.74) is -1.15. The SMILES string of the molecule is NS(=O)(=O)c1ccc(-n2cccc2/C=C2\C(=O)N(c3ccc(Cl)cc3)N=C2C(F)(F)F)cc1. The van der Waals surface area contributed by atoms with Crippen molar-refractivity contribution in [2.75, 3.05) is 5.01 Å². The fraction of sp³-hybridized carbons (Fsp3) is 0.0476. The highest BCUT2D eigenvalue weighted by atomic mass is 35.5. The summed E-state index contributed by atoms with van der Waals surface area (Å²) >= 11 is 5.82. The van der Waals surface area contributed by atoms with E-state index in [9.17, 15) is 26.4 Å². The van der Waals surface area contributed by atoms with Crippen molar-refractivity contribution in [2.24, 2.45) is 10.2 Å². The predicted octanol–water partition coefficient (Wildman–Crippen LogP) is 4.13. The summed E-state index contributed by atoms with van der Waals surface area (Å²) in [6.45, 7) is 0. The molecule has 1 aromatic heterocycles. The average molecular weight is 495 g/mol. The van der Waals surface area contributed by atoms with Gasteiger partial charge in [-0.25, -0.2) is 13.6 Å². The lowest BCUT2D eigenvalue weighted by Gasteiger charge is -2.12. The number of hydrazone groups is 1. The summed E-state index contributed by atoms with van der Waals surface area (Å²) in [5, 5.41) is 9.63. The first-order valence-corrected chi connectivity index (χ1v) is 11.2. The first-order valence-electron chi connectivity index (χ1n) is 9.23. The number of primary sulfonamides is 1. The average Bonchev–Trinajstić information content (AvgIpc) is 3.33. The number of nitrogens with zero attached hydrogens (tertiary/aromatic N) is 3. The molecule has 2 heterocycles. The lowest BCUT2D eigenvalue weighted by atomic mass is 10.1. The van der Waals surface area contributed by atoms with E-state index in [1.807, 2.05) is 0 Å². The molecule has 0 aliphatic carbocycles. The number of hydrogen-bond acceptors (Lipinski definition) is 4. The van der Waals surface area contributed by atoms with Crippen LogP contribution in [-0.4, -0.2) is 30.8 Å². The third kappa shape index (κ3) is 4.56. The summed E-state index contributed by atoms with van der Waals surface area (Å²) in [7, 11) is -3.90. The Morgan fingerprint density at radius 1 is 0.970 bits per heavy atom. The van der Waals surface area contributed by atoms with Crippen LogP contribution in [0.15, 0.2) is 82.4 Å². The largest absolute Gasteiger partial charge is 0.435 e. The molecule has 2 aromatic carbocycles. The van der Waals surface area contributed by atoms with Crippen molar-refractivity contribution < 1.29 is 26.4 Å². The predicted molar refractivity (Wildman–Crippen MR) is 118 cm³/mol. The first kappa shape index (κ1) is 22.8. The van der Waals surface area contributed by atoms with Gasteiger partial charge in [0.2, 0.25) is 10.0 Å². The minimum atomic E-state index is -4.88. The van der Waals surface area contributed by atoms with Gasteiger partial charge >= 0.3 is 6.18 Å². The highest BCUT2D eigenvalue weighted by molar-refractivity contribution is 7.89. The van der Waals surface area contributed by atoms with Crippen molar-refractivity contribution in [1.82, 2.24) is 4.57 Å². The molecule has 1 aliphatic rings. The molecular weight excluding hydrogens is 481 g/mol. The van der Waals surface area contributed by atoms with Crippen LogP contribution in [0.1, 0.15) is 5.69 Å². The van der Waals surface area contributed by atoms with E-state index < -0.39 is 33.4 Å². The van der Waals surface area contributed by atoms with Gasteiger partial charge in [0, 0.05) is 22.6 Å². The summed E-state index contributed by atoms with van der Waals surface area (Å²) in [6, 6.07) is 14.1. The Morgan fingerprint density at radius 3 is 2.15 bits per heavy atom. The van der Waals surface area contributed by atoms with Gasteiger partial charge in [0.25, 0.3) is 5.91 Å². The van der Waals surface area contributed by atoms with Crippen LogP contribution in [0, 0.1) is 0 Å². The maximum Gasteiger partial charge on any atom is 0.435 e. The Morgan fingerprint density at radius 2 is 1.58 bits per heavy atom. The van der Waals surface area contributed by atoms with E-state index in [0.29, 0.717) is 15.7 Å². The number of benzene rings is 2. The molecule has 0 fully saturated rings. The van der Waals surface area contributed by atoms with Crippen molar-refractivity contribution in [1.29, 1.82) is 0 Å². The quantitative estimate of drug-likeness (QED) is 0.552. The summed E-state index contributed by atoms with van der Waals surface area (Å²) < 4.78 is 65.5. The third-order valence-electron chi connectivity index (χ3n) is 4.73. The molecule has 4 rings (SSSR count). The number of amides is 1. The number of rotatable bonds is 4. The van der Waals surface area contributed by atoms with Crippen LogP contribution in [0.4, 0.5) is 18.9 Å². The smallest absolute Gasteiger partial charge is 0.317 e. The molecule has 3 aromatic rings. The number of hydrogen-bond donors (Lipinski definition) is 1. The van der Waals surface area contributed by atoms with E-state index in [1.54, 1.807) is 12.3 Å². The maximum absolute atomic E-state index is 13.7. The molecule has 0 saturated carbocycles. The third-order valence-corrected chi connectivity index (χ3v) is 5.91. The van der Waals surface area contributed by atoms with Crippen LogP contribution in [0.2, 0.25) is 5.02 Å². The summed E-state index contributed by atoms with van der Waals surface area (Å²) in [5.74, 6) is -0.957. The second-order valence-corrected chi connectivity index (χ2v) is 8.94. The Labute approximate surface area is 191 Å². The van der Waals surface area contributed by atoms with Crippen molar-refractivity contribution in [3.8, 4) is 5.69 Å². The molecule has 170 valence electrons. The number of anilines is 1. The molecule has 1 aliphatic heterocycles. The highest BCUT2D eigenvalue weighted by Crippen LogP contribution is 2.33. The Hall–Kier alpha value is -3.41. The van der Waals surface area contributed by atoms with E-state index in [4.69, 9.17) is 16.7 Å².